The van der Waals surface area contributed by atoms with Crippen LogP contribution in [0.5, 0.6) is 0 Å². The van der Waals surface area contributed by atoms with Gasteiger partial charge in [0.15, 0.2) is 6.23 Å². The number of nitrogens with zero attached hydrogens (tertiary/aromatic N) is 1. The molecule has 0 saturated heterocycles. The van der Waals surface area contributed by atoms with Gasteiger partial charge in [-0.25, -0.2) is 0 Å². The maximum absolute atomic E-state index is 11.0. The molecule has 86 valence electrons. The predicted molar refractivity (Wildman–Crippen MR) is 56.4 cm³/mol. The van der Waals surface area contributed by atoms with Crippen LogP contribution in [0.25, 0.3) is 0 Å². The van der Waals surface area contributed by atoms with E-state index < -0.39 is 18.3 Å². The molecule has 0 saturated carbocycles. The first-order valence-corrected chi connectivity index (χ1v) is 4.92. The number of fused-ring (bicyclic) bond motifs is 1. The maximum Gasteiger partial charge on any atom is 0.329 e. The van der Waals surface area contributed by atoms with Crippen LogP contribution in [0.4, 0.5) is 5.69 Å². The number of carbonyl (C=O) groups is 1. The summed E-state index contributed by atoms with van der Waals surface area (Å²) in [6.45, 7) is 1.31. The highest BCUT2D eigenvalue weighted by molar-refractivity contribution is 5.69. The van der Waals surface area contributed by atoms with E-state index in [2.05, 4.69) is 0 Å². The highest BCUT2D eigenvalue weighted by Gasteiger charge is 2.39. The number of ether oxygens (including phenoxy) is 1. The summed E-state index contributed by atoms with van der Waals surface area (Å²) in [5.74, 6) is -0.453. The molecule has 0 spiro atoms. The third-order valence-electron chi connectivity index (χ3n) is 2.46. The van der Waals surface area contributed by atoms with Crippen LogP contribution in [-0.2, 0) is 14.4 Å². The van der Waals surface area contributed by atoms with Gasteiger partial charge in [0.05, 0.1) is 5.69 Å². The van der Waals surface area contributed by atoms with E-state index in [0.717, 1.165) is 0 Å². The third-order valence-corrected chi connectivity index (χ3v) is 2.46. The number of hydrogen-bond acceptors (Lipinski definition) is 5. The summed E-state index contributed by atoms with van der Waals surface area (Å²) in [4.78, 5) is 16.0. The highest BCUT2D eigenvalue weighted by atomic mass is 16.7. The number of carbonyl (C=O) groups excluding carboxylic acids is 1. The molecule has 0 radical (unpaired) electrons. The summed E-state index contributed by atoms with van der Waals surface area (Å²) in [7, 11) is 1.45. The number of methoxy groups -OCH3 is 1. The Morgan fingerprint density at radius 1 is 1.44 bits per heavy atom. The van der Waals surface area contributed by atoms with Gasteiger partial charge in [-0.15, -0.1) is 0 Å². The first-order valence-electron chi connectivity index (χ1n) is 4.92. The van der Waals surface area contributed by atoms with Crippen LogP contribution in [0.15, 0.2) is 24.3 Å². The van der Waals surface area contributed by atoms with Crippen molar-refractivity contribution in [3.05, 3.63) is 29.8 Å². The molecule has 2 rings (SSSR count). The lowest BCUT2D eigenvalue weighted by Crippen LogP contribution is -2.37. The molecule has 5 nitrogen and oxygen atoms in total. The Balaban J connectivity index is 2.38. The van der Waals surface area contributed by atoms with Crippen LogP contribution >= 0.6 is 0 Å². The Bertz CT molecular complexity index is 407. The Morgan fingerprint density at radius 2 is 2.12 bits per heavy atom. The number of anilines is 1. The van der Waals surface area contributed by atoms with Gasteiger partial charge in [-0.2, -0.15) is 5.06 Å². The predicted octanol–water partition coefficient (Wildman–Crippen LogP) is 0.991. The molecule has 1 aliphatic heterocycles. The molecule has 0 bridgehead atoms. The van der Waals surface area contributed by atoms with E-state index >= 15 is 0 Å². The van der Waals surface area contributed by atoms with Crippen LogP contribution in [0.2, 0.25) is 0 Å². The Labute approximate surface area is 93.1 Å². The highest BCUT2D eigenvalue weighted by Crippen LogP contribution is 2.39. The molecule has 0 amide bonds. The molecule has 0 unspecified atom stereocenters. The van der Waals surface area contributed by atoms with Crippen molar-refractivity contribution in [3.63, 3.8) is 0 Å². The van der Waals surface area contributed by atoms with E-state index in [1.807, 2.05) is 6.07 Å². The fourth-order valence-corrected chi connectivity index (χ4v) is 1.82. The van der Waals surface area contributed by atoms with Crippen LogP contribution < -0.4 is 5.06 Å². The van der Waals surface area contributed by atoms with Gasteiger partial charge in [0.1, 0.15) is 6.10 Å². The van der Waals surface area contributed by atoms with Gasteiger partial charge in [0.2, 0.25) is 0 Å². The second-order valence-corrected chi connectivity index (χ2v) is 3.54. The van der Waals surface area contributed by atoms with Gasteiger partial charge < -0.3 is 14.7 Å². The average Bonchev–Trinajstić information content (AvgIpc) is 2.52. The fourth-order valence-electron chi connectivity index (χ4n) is 1.82. The van der Waals surface area contributed by atoms with Crippen molar-refractivity contribution < 1.29 is 19.5 Å². The molecule has 1 N–H and O–H groups in total. The number of hydroxylamine groups is 1. The lowest BCUT2D eigenvalue weighted by Gasteiger charge is -2.24. The smallest absolute Gasteiger partial charge is 0.329 e. The Hall–Kier alpha value is -1.59. The van der Waals surface area contributed by atoms with Crippen molar-refractivity contribution in [1.82, 2.24) is 0 Å². The number of rotatable bonds is 2. The molecule has 5 heteroatoms. The number of benzene rings is 1. The van der Waals surface area contributed by atoms with E-state index in [4.69, 9.17) is 9.57 Å². The largest absolute Gasteiger partial charge is 0.383 e. The first kappa shape index (κ1) is 10.9. The molecule has 1 aromatic rings. The minimum absolute atomic E-state index is 0.453. The lowest BCUT2D eigenvalue weighted by molar-refractivity contribution is -0.150. The van der Waals surface area contributed by atoms with Crippen molar-refractivity contribution in [2.45, 2.75) is 19.3 Å². The van der Waals surface area contributed by atoms with E-state index in [1.54, 1.807) is 18.2 Å². The lowest BCUT2D eigenvalue weighted by atomic mass is 10.1. The monoisotopic (exact) mass is 223 g/mol. The van der Waals surface area contributed by atoms with Crippen molar-refractivity contribution >= 4 is 11.7 Å². The molecule has 1 heterocycles. The summed E-state index contributed by atoms with van der Waals surface area (Å²) in [6, 6.07) is 7.15. The summed E-state index contributed by atoms with van der Waals surface area (Å²) >= 11 is 0. The molecule has 0 aliphatic carbocycles. The molecule has 1 aliphatic rings. The molecule has 0 aromatic heterocycles. The van der Waals surface area contributed by atoms with Crippen LogP contribution in [0.3, 0.4) is 0 Å². The number of hydrogen-bond donors (Lipinski definition) is 1. The second-order valence-electron chi connectivity index (χ2n) is 3.54. The standard InChI is InChI=1S/C11H13NO4/c1-7(13)16-12-9-6-4-3-5-8(9)10(14)11(12)15-2/h3-6,10-11,14H,1-2H3/t10-,11+/m1/s1. The second kappa shape index (κ2) is 4.11. The van der Waals surface area contributed by atoms with Gasteiger partial charge in [-0.1, -0.05) is 18.2 Å². The molecule has 1 aromatic carbocycles. The van der Waals surface area contributed by atoms with E-state index in [9.17, 15) is 9.90 Å². The number of aliphatic hydroxyl groups excluding tert-OH is 1. The summed E-state index contributed by atoms with van der Waals surface area (Å²) in [5, 5.41) is 11.3. The zero-order valence-corrected chi connectivity index (χ0v) is 9.08. The summed E-state index contributed by atoms with van der Waals surface area (Å²) in [5.41, 5.74) is 1.34. The maximum atomic E-state index is 11.0. The quantitative estimate of drug-likeness (QED) is 0.810. The van der Waals surface area contributed by atoms with Gasteiger partial charge in [0, 0.05) is 19.6 Å². The molecular weight excluding hydrogens is 210 g/mol. The summed E-state index contributed by atoms with van der Waals surface area (Å²) < 4.78 is 5.12. The first-order chi connectivity index (χ1) is 7.65. The molecule has 16 heavy (non-hydrogen) atoms. The van der Waals surface area contributed by atoms with Gasteiger partial charge in [-0.3, -0.25) is 4.79 Å². The van der Waals surface area contributed by atoms with Crippen LogP contribution in [0, 0.1) is 0 Å². The van der Waals surface area contributed by atoms with Crippen molar-refractivity contribution in [3.8, 4) is 0 Å². The zero-order valence-electron chi connectivity index (χ0n) is 9.08. The zero-order chi connectivity index (χ0) is 11.7. The Morgan fingerprint density at radius 3 is 2.75 bits per heavy atom. The van der Waals surface area contributed by atoms with Gasteiger partial charge in [-0.05, 0) is 6.07 Å². The SMILES string of the molecule is CO[C@H]1[C@H](O)c2ccccc2N1OC(C)=O. The summed E-state index contributed by atoms with van der Waals surface area (Å²) in [6.07, 6.45) is -1.51. The van der Waals surface area contributed by atoms with Crippen molar-refractivity contribution in [1.29, 1.82) is 0 Å². The van der Waals surface area contributed by atoms with E-state index in [1.165, 1.54) is 19.1 Å². The van der Waals surface area contributed by atoms with Crippen LogP contribution in [0.1, 0.15) is 18.6 Å². The van der Waals surface area contributed by atoms with Crippen molar-refractivity contribution in [2.24, 2.45) is 0 Å². The molecule has 2 atom stereocenters. The van der Waals surface area contributed by atoms with E-state index in [0.29, 0.717) is 11.3 Å². The Kier molecular flexibility index (Phi) is 2.80. The van der Waals surface area contributed by atoms with Crippen LogP contribution in [-0.4, -0.2) is 24.4 Å². The molecule has 0 fully saturated rings. The molecular formula is C11H13NO4. The van der Waals surface area contributed by atoms with Gasteiger partial charge in [0.25, 0.3) is 0 Å². The topological polar surface area (TPSA) is 59.0 Å². The number of para-hydroxylation sites is 1. The van der Waals surface area contributed by atoms with E-state index in [-0.39, 0.29) is 0 Å². The fraction of sp³-hybridized carbons (Fsp3) is 0.364. The minimum Gasteiger partial charge on any atom is -0.383 e. The minimum atomic E-state index is -0.819. The average molecular weight is 223 g/mol. The number of aliphatic hydroxyl groups is 1. The third kappa shape index (κ3) is 1.64. The van der Waals surface area contributed by atoms with Crippen molar-refractivity contribution in [2.75, 3.05) is 12.2 Å². The normalized spacial score (nSPS) is 23.1. The van der Waals surface area contributed by atoms with Gasteiger partial charge >= 0.3 is 5.97 Å².